The van der Waals surface area contributed by atoms with Crippen LogP contribution in [0.4, 0.5) is 11.4 Å². The van der Waals surface area contributed by atoms with E-state index in [2.05, 4.69) is 5.32 Å². The zero-order valence-electron chi connectivity index (χ0n) is 10.9. The van der Waals surface area contributed by atoms with Crippen LogP contribution in [0, 0.1) is 10.1 Å². The van der Waals surface area contributed by atoms with E-state index in [0.717, 1.165) is 5.56 Å². The molecule has 1 N–H and O–H groups in total. The van der Waals surface area contributed by atoms with Gasteiger partial charge in [0, 0.05) is 6.20 Å². The van der Waals surface area contributed by atoms with Gasteiger partial charge in [0.1, 0.15) is 11.4 Å². The number of nitro groups is 1. The quantitative estimate of drug-likeness (QED) is 0.664. The van der Waals surface area contributed by atoms with Crippen molar-refractivity contribution in [3.63, 3.8) is 0 Å². The van der Waals surface area contributed by atoms with Crippen LogP contribution < -0.4 is 10.1 Å². The number of hydrogen-bond donors (Lipinski definition) is 1. The molecule has 0 heterocycles. The predicted molar refractivity (Wildman–Crippen MR) is 78.7 cm³/mol. The molecule has 0 saturated heterocycles. The number of benzene rings is 2. The minimum atomic E-state index is -0.443. The highest BCUT2D eigenvalue weighted by molar-refractivity contribution is 5.66. The van der Waals surface area contributed by atoms with Gasteiger partial charge in [0.2, 0.25) is 0 Å². The van der Waals surface area contributed by atoms with Crippen LogP contribution in [0.25, 0.3) is 6.08 Å². The molecule has 0 amide bonds. The Bertz CT molecular complexity index is 624. The molecule has 0 aliphatic heterocycles. The van der Waals surface area contributed by atoms with Crippen molar-refractivity contribution in [2.24, 2.45) is 0 Å². The molecule has 5 nitrogen and oxygen atoms in total. The molecule has 0 atom stereocenters. The first-order chi connectivity index (χ1) is 9.70. The average molecular weight is 270 g/mol. The molecular formula is C15H14N2O3. The smallest absolute Gasteiger partial charge is 0.296 e. The van der Waals surface area contributed by atoms with Crippen molar-refractivity contribution in [2.45, 2.75) is 0 Å². The first-order valence-electron chi connectivity index (χ1n) is 6.01. The Morgan fingerprint density at radius 1 is 1.20 bits per heavy atom. The summed E-state index contributed by atoms with van der Waals surface area (Å²) >= 11 is 0. The van der Waals surface area contributed by atoms with Gasteiger partial charge in [0.05, 0.1) is 18.1 Å². The number of rotatable bonds is 5. The fourth-order valence-corrected chi connectivity index (χ4v) is 1.70. The Labute approximate surface area is 116 Å². The lowest BCUT2D eigenvalue weighted by atomic mass is 10.2. The van der Waals surface area contributed by atoms with Gasteiger partial charge in [-0.25, -0.2) is 0 Å². The highest BCUT2D eigenvalue weighted by Crippen LogP contribution is 2.28. The minimum absolute atomic E-state index is 0.0259. The fraction of sp³-hybridized carbons (Fsp3) is 0.0667. The lowest BCUT2D eigenvalue weighted by Crippen LogP contribution is -1.96. The number of nitrogens with one attached hydrogen (secondary N) is 1. The maximum absolute atomic E-state index is 11.0. The van der Waals surface area contributed by atoms with Gasteiger partial charge in [-0.15, -0.1) is 0 Å². The van der Waals surface area contributed by atoms with Crippen LogP contribution in [0.2, 0.25) is 0 Å². The molecule has 0 spiro atoms. The molecule has 2 aromatic carbocycles. The first kappa shape index (κ1) is 13.6. The monoisotopic (exact) mass is 270 g/mol. The van der Waals surface area contributed by atoms with E-state index < -0.39 is 4.92 Å². The lowest BCUT2D eigenvalue weighted by molar-refractivity contribution is -0.384. The maximum Gasteiger partial charge on any atom is 0.296 e. The van der Waals surface area contributed by atoms with Crippen molar-refractivity contribution in [2.75, 3.05) is 12.4 Å². The fourth-order valence-electron chi connectivity index (χ4n) is 1.70. The highest BCUT2D eigenvalue weighted by atomic mass is 16.6. The molecule has 2 aromatic rings. The summed E-state index contributed by atoms with van der Waals surface area (Å²) in [6.07, 6.45) is 3.51. The molecule has 0 aliphatic carbocycles. The van der Waals surface area contributed by atoms with Crippen LogP contribution in [-0.4, -0.2) is 12.0 Å². The van der Waals surface area contributed by atoms with E-state index in [1.165, 1.54) is 13.2 Å². The third-order valence-electron chi connectivity index (χ3n) is 2.72. The van der Waals surface area contributed by atoms with Crippen LogP contribution in [0.1, 0.15) is 5.56 Å². The van der Waals surface area contributed by atoms with E-state index in [4.69, 9.17) is 4.74 Å². The van der Waals surface area contributed by atoms with Crippen molar-refractivity contribution in [1.29, 1.82) is 0 Å². The number of hydrogen-bond acceptors (Lipinski definition) is 4. The van der Waals surface area contributed by atoms with E-state index in [0.29, 0.717) is 11.4 Å². The van der Waals surface area contributed by atoms with Crippen molar-refractivity contribution in [3.8, 4) is 5.75 Å². The van der Waals surface area contributed by atoms with E-state index in [9.17, 15) is 10.1 Å². The first-order valence-corrected chi connectivity index (χ1v) is 6.01. The van der Waals surface area contributed by atoms with E-state index in [-0.39, 0.29) is 5.69 Å². The number of ether oxygens (including phenoxy) is 1. The van der Waals surface area contributed by atoms with Gasteiger partial charge in [0.25, 0.3) is 5.69 Å². The summed E-state index contributed by atoms with van der Waals surface area (Å²) in [6, 6.07) is 14.3. The molecule has 20 heavy (non-hydrogen) atoms. The molecule has 102 valence electrons. The zero-order chi connectivity index (χ0) is 14.4. The van der Waals surface area contributed by atoms with Crippen LogP contribution in [0.5, 0.6) is 5.75 Å². The van der Waals surface area contributed by atoms with Gasteiger partial charge < -0.3 is 10.1 Å². The van der Waals surface area contributed by atoms with Crippen LogP contribution in [0.3, 0.4) is 0 Å². The Balaban J connectivity index is 2.17. The van der Waals surface area contributed by atoms with Crippen LogP contribution in [0.15, 0.2) is 54.7 Å². The van der Waals surface area contributed by atoms with Gasteiger partial charge in [-0.05, 0) is 23.8 Å². The van der Waals surface area contributed by atoms with E-state index in [1.807, 2.05) is 36.4 Å². The van der Waals surface area contributed by atoms with Gasteiger partial charge in [0.15, 0.2) is 0 Å². The molecule has 5 heteroatoms. The SMILES string of the molecule is COc1ccc(N/C=C/c2ccccc2)c([N+](=O)[O-])c1. The summed E-state index contributed by atoms with van der Waals surface area (Å²) in [5, 5.41) is 13.9. The third kappa shape index (κ3) is 3.35. The lowest BCUT2D eigenvalue weighted by Gasteiger charge is -2.05. The normalized spacial score (nSPS) is 10.4. The van der Waals surface area contributed by atoms with Crippen molar-refractivity contribution >= 4 is 17.5 Å². The molecule has 0 aromatic heterocycles. The third-order valence-corrected chi connectivity index (χ3v) is 2.72. The van der Waals surface area contributed by atoms with Crippen molar-refractivity contribution in [3.05, 3.63) is 70.4 Å². The Kier molecular flexibility index (Phi) is 4.34. The van der Waals surface area contributed by atoms with Crippen molar-refractivity contribution < 1.29 is 9.66 Å². The maximum atomic E-state index is 11.0. The Hall–Kier alpha value is -2.82. The molecule has 0 fully saturated rings. The minimum Gasteiger partial charge on any atom is -0.496 e. The van der Waals surface area contributed by atoms with E-state index >= 15 is 0 Å². The molecule has 0 radical (unpaired) electrons. The number of anilines is 1. The number of nitro benzene ring substituents is 1. The summed E-state index contributed by atoms with van der Waals surface area (Å²) in [7, 11) is 1.47. The highest BCUT2D eigenvalue weighted by Gasteiger charge is 2.13. The molecule has 0 aliphatic rings. The Morgan fingerprint density at radius 3 is 2.60 bits per heavy atom. The summed E-state index contributed by atoms with van der Waals surface area (Å²) in [5.74, 6) is 0.453. The van der Waals surface area contributed by atoms with Crippen LogP contribution in [-0.2, 0) is 0 Å². The van der Waals surface area contributed by atoms with Gasteiger partial charge >= 0.3 is 0 Å². The zero-order valence-corrected chi connectivity index (χ0v) is 10.9. The summed E-state index contributed by atoms with van der Waals surface area (Å²) in [5.41, 5.74) is 1.40. The molecule has 0 bridgehead atoms. The second-order valence-electron chi connectivity index (χ2n) is 4.03. The molecule has 0 saturated carbocycles. The van der Waals surface area contributed by atoms with Gasteiger partial charge in [-0.2, -0.15) is 0 Å². The predicted octanol–water partition coefficient (Wildman–Crippen LogP) is 3.69. The second-order valence-corrected chi connectivity index (χ2v) is 4.03. The van der Waals surface area contributed by atoms with Crippen molar-refractivity contribution in [1.82, 2.24) is 0 Å². The number of nitrogens with zero attached hydrogens (tertiary/aromatic N) is 1. The largest absolute Gasteiger partial charge is 0.496 e. The molecule has 2 rings (SSSR count). The average Bonchev–Trinajstić information content (AvgIpc) is 2.48. The summed E-state index contributed by atoms with van der Waals surface area (Å²) in [4.78, 5) is 10.6. The Morgan fingerprint density at radius 2 is 1.95 bits per heavy atom. The summed E-state index contributed by atoms with van der Waals surface area (Å²) < 4.78 is 4.98. The second kappa shape index (κ2) is 6.38. The van der Waals surface area contributed by atoms with Gasteiger partial charge in [-0.3, -0.25) is 10.1 Å². The topological polar surface area (TPSA) is 64.4 Å². The molecule has 0 unspecified atom stereocenters. The standard InChI is InChI=1S/C15H14N2O3/c1-20-13-7-8-14(15(11-13)17(18)19)16-10-9-12-5-3-2-4-6-12/h2-11,16H,1H3/b10-9+. The van der Waals surface area contributed by atoms with Gasteiger partial charge in [-0.1, -0.05) is 30.3 Å². The number of methoxy groups -OCH3 is 1. The van der Waals surface area contributed by atoms with Crippen LogP contribution >= 0.6 is 0 Å². The molecular weight excluding hydrogens is 256 g/mol. The summed E-state index contributed by atoms with van der Waals surface area (Å²) in [6.45, 7) is 0. The van der Waals surface area contributed by atoms with E-state index in [1.54, 1.807) is 18.3 Å².